The number of rotatable bonds is 25. The Morgan fingerprint density at radius 3 is 2.07 bits per heavy atom. The van der Waals surface area contributed by atoms with Gasteiger partial charge in [-0.15, -0.1) is 0 Å². The number of ether oxygens (including phenoxy) is 6. The molecule has 4 rings (SSSR count). The average Bonchev–Trinajstić information content (AvgIpc) is 3.26. The molecule has 6 unspecified atom stereocenters. The zero-order valence-electron chi connectivity index (χ0n) is 38.2. The van der Waals surface area contributed by atoms with E-state index in [-0.39, 0.29) is 50.4 Å². The van der Waals surface area contributed by atoms with Gasteiger partial charge in [0.05, 0.1) is 31.5 Å². The summed E-state index contributed by atoms with van der Waals surface area (Å²) < 4.78 is 109. The molecular weight excluding hydrogens is 957 g/mol. The predicted molar refractivity (Wildman–Crippen MR) is 227 cm³/mol. The summed E-state index contributed by atoms with van der Waals surface area (Å²) in [4.78, 5) is 52.4. The number of hydrogen-bond donors (Lipinski definition) is 10. The van der Waals surface area contributed by atoms with Crippen molar-refractivity contribution in [3.05, 3.63) is 0 Å². The Morgan fingerprint density at radius 1 is 0.838 bits per heavy atom. The smallest absolute Gasteiger partial charge is 0.398 e. The highest BCUT2D eigenvalue weighted by atomic mass is 32.3. The molecule has 2 saturated carbocycles. The Kier molecular flexibility index (Phi) is 22.3. The maximum atomic E-state index is 14.0. The Labute approximate surface area is 394 Å². The molecular formula is C40H68N2O24S2. The number of carboxylic acids is 1. The summed E-state index contributed by atoms with van der Waals surface area (Å²) in [7, 11) is -9.68. The number of hydrogen-bond acceptors (Lipinski definition) is 21. The van der Waals surface area contributed by atoms with Gasteiger partial charge in [-0.3, -0.25) is 23.5 Å². The van der Waals surface area contributed by atoms with E-state index in [1.165, 1.54) is 6.92 Å². The minimum absolute atomic E-state index is 0.00943. The Bertz CT molecular complexity index is 1870. The Balaban J connectivity index is 1.61. The summed E-state index contributed by atoms with van der Waals surface area (Å²) in [5.41, 5.74) is 0. The van der Waals surface area contributed by atoms with Crippen LogP contribution in [0.15, 0.2) is 0 Å². The standard InChI is InChI=1S/C40H68N2O24S2/c1-5-22-15-23(24(45)12-9-13-41-37(50)35(66-68(56,57)58)28(18-59-4)65-67(53,54)55)16-25(34(22)64-40-33(49)32(48)30(46)19(2)60-40)62-39-29(42-20(3)44)36(31(47)27(17-43)63-39)61-26(38(51)52)14-21-10-7-6-8-11-21/h19,21-23,25-36,39-40,43,46-49H,5-18H2,1-4H3,(H,41,50)(H,42,44)(H,51,52)(H,53,54,55)(H,56,57,58)/t19?,22-,23?,25-,26+,27+,28-,29?,30-,31+,32+,33?,34?,35-,36?,39-,40+/m1/s1. The number of aliphatic carboxylic acids is 1. The zero-order valence-corrected chi connectivity index (χ0v) is 39.9. The molecule has 0 radical (unpaired) electrons. The Hall–Kier alpha value is -2.62. The summed E-state index contributed by atoms with van der Waals surface area (Å²) >= 11 is 0. The minimum Gasteiger partial charge on any atom is -0.479 e. The fourth-order valence-corrected chi connectivity index (χ4v) is 10.2. The molecule has 0 spiro atoms. The predicted octanol–water partition coefficient (Wildman–Crippen LogP) is -2.10. The molecule has 17 atom stereocenters. The largest absolute Gasteiger partial charge is 0.479 e. The van der Waals surface area contributed by atoms with Gasteiger partial charge in [0.2, 0.25) is 5.91 Å². The topological polar surface area (TPSA) is 396 Å². The number of carbonyl (C=O) groups excluding carboxylic acids is 3. The van der Waals surface area contributed by atoms with Crippen LogP contribution in [0, 0.1) is 17.8 Å². The molecule has 68 heavy (non-hydrogen) atoms. The molecule has 0 aromatic rings. The number of Topliss-reactive ketones (excluding diaryl/α,β-unsaturated/α-hetero) is 1. The number of aliphatic hydroxyl groups is 5. The average molecular weight is 1030 g/mol. The molecule has 2 amide bonds. The second-order valence-corrected chi connectivity index (χ2v) is 19.8. The lowest BCUT2D eigenvalue weighted by atomic mass is 9.74. The molecule has 26 nitrogen and oxygen atoms in total. The fraction of sp³-hybridized carbons (Fsp3) is 0.900. The van der Waals surface area contributed by atoms with Gasteiger partial charge >= 0.3 is 26.8 Å². The fourth-order valence-electron chi connectivity index (χ4n) is 9.29. The molecule has 394 valence electrons. The van der Waals surface area contributed by atoms with Crippen LogP contribution in [0.2, 0.25) is 0 Å². The number of amides is 2. The number of ketones is 1. The van der Waals surface area contributed by atoms with E-state index in [4.69, 9.17) is 33.0 Å². The van der Waals surface area contributed by atoms with Gasteiger partial charge in [0.15, 0.2) is 24.8 Å². The highest BCUT2D eigenvalue weighted by molar-refractivity contribution is 7.81. The van der Waals surface area contributed by atoms with Gasteiger partial charge in [0.25, 0.3) is 5.91 Å². The van der Waals surface area contributed by atoms with Crippen molar-refractivity contribution in [2.45, 2.75) is 183 Å². The molecule has 10 N–H and O–H groups in total. The van der Waals surface area contributed by atoms with Crippen molar-refractivity contribution < 1.29 is 113 Å². The van der Waals surface area contributed by atoms with Crippen molar-refractivity contribution in [2.75, 3.05) is 26.9 Å². The maximum Gasteiger partial charge on any atom is 0.398 e. The van der Waals surface area contributed by atoms with Gasteiger partial charge in [-0.25, -0.2) is 13.2 Å². The van der Waals surface area contributed by atoms with Gasteiger partial charge in [-0.2, -0.15) is 16.8 Å². The lowest BCUT2D eigenvalue weighted by Gasteiger charge is -2.49. The normalized spacial score (nSPS) is 34.3. The highest BCUT2D eigenvalue weighted by Crippen LogP contribution is 2.40. The van der Waals surface area contributed by atoms with E-state index in [1.807, 2.05) is 0 Å². The van der Waals surface area contributed by atoms with Crippen molar-refractivity contribution in [2.24, 2.45) is 17.8 Å². The first-order valence-electron chi connectivity index (χ1n) is 22.6. The van der Waals surface area contributed by atoms with E-state index in [0.717, 1.165) is 46.1 Å². The van der Waals surface area contributed by atoms with E-state index in [2.05, 4.69) is 19.0 Å². The molecule has 0 aromatic carbocycles. The molecule has 2 aliphatic carbocycles. The summed E-state index contributed by atoms with van der Waals surface area (Å²) in [5.74, 6) is -5.11. The van der Waals surface area contributed by atoms with Crippen molar-refractivity contribution in [3.63, 3.8) is 0 Å². The first-order chi connectivity index (χ1) is 31.9. The van der Waals surface area contributed by atoms with Gasteiger partial charge < -0.3 is 69.7 Å². The third-order valence-electron chi connectivity index (χ3n) is 12.7. The molecule has 2 heterocycles. The van der Waals surface area contributed by atoms with Crippen LogP contribution in [0.5, 0.6) is 0 Å². The van der Waals surface area contributed by atoms with Gasteiger partial charge in [-0.1, -0.05) is 45.4 Å². The number of aliphatic hydroxyl groups excluding tert-OH is 5. The third kappa shape index (κ3) is 16.7. The quantitative estimate of drug-likeness (QED) is 0.0346. The first-order valence-corrected chi connectivity index (χ1v) is 25.3. The summed E-state index contributed by atoms with van der Waals surface area (Å²) in [5, 5.41) is 68.9. The zero-order chi connectivity index (χ0) is 50.7. The van der Waals surface area contributed by atoms with Crippen molar-refractivity contribution in [1.29, 1.82) is 0 Å². The molecule has 4 aliphatic rings. The Morgan fingerprint density at radius 2 is 1.50 bits per heavy atom. The van der Waals surface area contributed by atoms with Gasteiger partial charge in [0.1, 0.15) is 54.6 Å². The SMILES string of the molecule is CC[C@@H]1CC(C(=O)CCCNC(=O)[C@H](OS(=O)(=O)O)[C@@H](COC)OS(=O)(=O)O)C[C@@H](O[C@@H]2O[C@@H](CO)[C@H](O)C(O[C@@H](CC3CCCCC3)C(=O)O)C2NC(C)=O)C1O[C@@H]1OC(C)[C@@H](O)[C@H](O)C1O. The van der Waals surface area contributed by atoms with E-state index < -0.39 is 156 Å². The number of nitrogens with one attached hydrogen (secondary N) is 2. The van der Waals surface area contributed by atoms with E-state index >= 15 is 0 Å². The monoisotopic (exact) mass is 1020 g/mol. The van der Waals surface area contributed by atoms with Crippen LogP contribution in [0.3, 0.4) is 0 Å². The number of methoxy groups -OCH3 is 1. The second-order valence-electron chi connectivity index (χ2n) is 17.7. The van der Waals surface area contributed by atoms with Crippen molar-refractivity contribution >= 4 is 44.4 Å². The maximum absolute atomic E-state index is 14.0. The number of carboxylic acid groups (broad SMARTS) is 1. The molecule has 28 heteroatoms. The van der Waals surface area contributed by atoms with Crippen molar-refractivity contribution in [3.8, 4) is 0 Å². The van der Waals surface area contributed by atoms with Crippen LogP contribution in [0.4, 0.5) is 0 Å². The molecule has 0 aromatic heterocycles. The summed E-state index contributed by atoms with van der Waals surface area (Å²) in [6, 6.07) is -1.42. The van der Waals surface area contributed by atoms with E-state index in [9.17, 15) is 71.2 Å². The van der Waals surface area contributed by atoms with Crippen LogP contribution in [-0.4, -0.2) is 199 Å². The molecule has 0 bridgehead atoms. The van der Waals surface area contributed by atoms with Crippen LogP contribution in [0.1, 0.15) is 91.4 Å². The summed E-state index contributed by atoms with van der Waals surface area (Å²) in [6.07, 6.45) is -17.6. The summed E-state index contributed by atoms with van der Waals surface area (Å²) in [6.45, 7) is 2.39. The minimum atomic E-state index is -5.41. The molecule has 2 saturated heterocycles. The van der Waals surface area contributed by atoms with Crippen molar-refractivity contribution in [1.82, 2.24) is 10.6 Å². The van der Waals surface area contributed by atoms with Crippen LogP contribution >= 0.6 is 0 Å². The second kappa shape index (κ2) is 26.2. The van der Waals surface area contributed by atoms with Gasteiger partial charge in [0, 0.05) is 32.9 Å². The van der Waals surface area contributed by atoms with E-state index in [1.54, 1.807) is 6.92 Å². The van der Waals surface area contributed by atoms with Crippen LogP contribution < -0.4 is 10.6 Å². The molecule has 2 aliphatic heterocycles. The van der Waals surface area contributed by atoms with Gasteiger partial charge in [-0.05, 0) is 44.4 Å². The lowest BCUT2D eigenvalue weighted by molar-refractivity contribution is -0.338. The van der Waals surface area contributed by atoms with E-state index in [0.29, 0.717) is 6.42 Å². The number of carbonyl (C=O) groups is 4. The molecule has 4 fully saturated rings. The van der Waals surface area contributed by atoms with Crippen LogP contribution in [0.25, 0.3) is 0 Å². The highest BCUT2D eigenvalue weighted by Gasteiger charge is 2.53. The van der Waals surface area contributed by atoms with Crippen LogP contribution in [-0.2, 0) is 76.8 Å². The lowest BCUT2D eigenvalue weighted by Crippen LogP contribution is -2.67. The first kappa shape index (κ1) is 58.0. The third-order valence-corrected chi connectivity index (χ3v) is 13.7.